The van der Waals surface area contributed by atoms with E-state index in [9.17, 15) is 4.79 Å². The van der Waals surface area contributed by atoms with Crippen LogP contribution in [0.4, 0.5) is 0 Å². The summed E-state index contributed by atoms with van der Waals surface area (Å²) < 4.78 is 10.5. The van der Waals surface area contributed by atoms with E-state index in [2.05, 4.69) is 24.4 Å². The van der Waals surface area contributed by atoms with Crippen LogP contribution in [0.3, 0.4) is 0 Å². The third-order valence-electron chi connectivity index (χ3n) is 3.52. The monoisotopic (exact) mass is 279 g/mol. The van der Waals surface area contributed by atoms with E-state index in [0.717, 1.165) is 18.6 Å². The lowest BCUT2D eigenvalue weighted by atomic mass is 9.99. The molecule has 0 aliphatic rings. The standard InChI is InChI=1S/C16H25NO3/c1-5-6-13-7-9-14(10-8-13)20-12-11-16(2,17-3)15(18)19-4/h7-10,17H,5-6,11-12H2,1-4H3. The molecule has 0 radical (unpaired) electrons. The molecule has 1 aromatic rings. The Morgan fingerprint density at radius 1 is 1.30 bits per heavy atom. The van der Waals surface area contributed by atoms with Gasteiger partial charge in [0.25, 0.3) is 0 Å². The second-order valence-electron chi connectivity index (χ2n) is 5.07. The van der Waals surface area contributed by atoms with Crippen molar-refractivity contribution in [2.75, 3.05) is 20.8 Å². The summed E-state index contributed by atoms with van der Waals surface area (Å²) in [6.07, 6.45) is 2.77. The molecule has 0 amide bonds. The van der Waals surface area contributed by atoms with Crippen LogP contribution in [0.25, 0.3) is 0 Å². The van der Waals surface area contributed by atoms with Crippen molar-refractivity contribution < 1.29 is 14.3 Å². The molecule has 4 heteroatoms. The van der Waals surface area contributed by atoms with Crippen LogP contribution in [-0.2, 0) is 16.0 Å². The van der Waals surface area contributed by atoms with Crippen molar-refractivity contribution in [3.05, 3.63) is 29.8 Å². The van der Waals surface area contributed by atoms with Gasteiger partial charge in [-0.15, -0.1) is 0 Å². The SMILES string of the molecule is CCCc1ccc(OCCC(C)(NC)C(=O)OC)cc1. The van der Waals surface area contributed by atoms with Gasteiger partial charge in [-0.1, -0.05) is 25.5 Å². The molecule has 0 saturated heterocycles. The van der Waals surface area contributed by atoms with Gasteiger partial charge in [-0.2, -0.15) is 0 Å². The Hall–Kier alpha value is -1.55. The summed E-state index contributed by atoms with van der Waals surface area (Å²) >= 11 is 0. The Morgan fingerprint density at radius 3 is 2.45 bits per heavy atom. The molecule has 1 atom stereocenters. The van der Waals surface area contributed by atoms with Crippen LogP contribution in [0, 0.1) is 0 Å². The van der Waals surface area contributed by atoms with Crippen molar-refractivity contribution in [3.63, 3.8) is 0 Å². The summed E-state index contributed by atoms with van der Waals surface area (Å²) in [5, 5.41) is 2.99. The molecular formula is C16H25NO3. The van der Waals surface area contributed by atoms with E-state index >= 15 is 0 Å². The van der Waals surface area contributed by atoms with Crippen molar-refractivity contribution in [2.45, 2.75) is 38.6 Å². The zero-order valence-corrected chi connectivity index (χ0v) is 12.9. The van der Waals surface area contributed by atoms with Crippen molar-refractivity contribution in [1.82, 2.24) is 5.32 Å². The van der Waals surface area contributed by atoms with Crippen molar-refractivity contribution >= 4 is 5.97 Å². The summed E-state index contributed by atoms with van der Waals surface area (Å²) in [5.74, 6) is 0.551. The number of hydrogen-bond acceptors (Lipinski definition) is 4. The zero-order chi connectivity index (χ0) is 15.0. The number of benzene rings is 1. The minimum Gasteiger partial charge on any atom is -0.494 e. The molecule has 0 bridgehead atoms. The van der Waals surface area contributed by atoms with Crippen LogP contribution >= 0.6 is 0 Å². The first kappa shape index (κ1) is 16.5. The number of carbonyl (C=O) groups is 1. The fraction of sp³-hybridized carbons (Fsp3) is 0.562. The number of rotatable bonds is 8. The molecule has 4 nitrogen and oxygen atoms in total. The van der Waals surface area contributed by atoms with Crippen LogP contribution < -0.4 is 10.1 Å². The Labute approximate surface area is 121 Å². The maximum atomic E-state index is 11.7. The second-order valence-corrected chi connectivity index (χ2v) is 5.07. The number of aryl methyl sites for hydroxylation is 1. The van der Waals surface area contributed by atoms with Gasteiger partial charge in [0.15, 0.2) is 0 Å². The highest BCUT2D eigenvalue weighted by atomic mass is 16.5. The van der Waals surface area contributed by atoms with E-state index in [1.54, 1.807) is 7.05 Å². The maximum Gasteiger partial charge on any atom is 0.325 e. The lowest BCUT2D eigenvalue weighted by Gasteiger charge is -2.25. The van der Waals surface area contributed by atoms with E-state index in [-0.39, 0.29) is 5.97 Å². The average molecular weight is 279 g/mol. The lowest BCUT2D eigenvalue weighted by molar-refractivity contribution is -0.148. The Balaban J connectivity index is 2.48. The van der Waals surface area contributed by atoms with E-state index < -0.39 is 5.54 Å². The van der Waals surface area contributed by atoms with Crippen molar-refractivity contribution in [2.24, 2.45) is 0 Å². The third kappa shape index (κ3) is 4.53. The summed E-state index contributed by atoms with van der Waals surface area (Å²) in [4.78, 5) is 11.7. The highest BCUT2D eigenvalue weighted by molar-refractivity contribution is 5.80. The van der Waals surface area contributed by atoms with Gasteiger partial charge in [0.1, 0.15) is 11.3 Å². The van der Waals surface area contributed by atoms with Crippen LogP contribution in [0.1, 0.15) is 32.3 Å². The molecule has 1 rings (SSSR count). The Bertz CT molecular complexity index is 416. The predicted octanol–water partition coefficient (Wildman–Crippen LogP) is 2.56. The largest absolute Gasteiger partial charge is 0.494 e. The van der Waals surface area contributed by atoms with E-state index in [4.69, 9.17) is 9.47 Å². The Kier molecular flexibility index (Phi) is 6.52. The van der Waals surface area contributed by atoms with Gasteiger partial charge in [-0.05, 0) is 38.1 Å². The number of ether oxygens (including phenoxy) is 2. The summed E-state index contributed by atoms with van der Waals surface area (Å²) in [6, 6.07) is 8.10. The number of esters is 1. The van der Waals surface area contributed by atoms with Gasteiger partial charge in [0.05, 0.1) is 13.7 Å². The van der Waals surface area contributed by atoms with Crippen molar-refractivity contribution in [3.8, 4) is 5.75 Å². The first-order valence-electron chi connectivity index (χ1n) is 7.04. The van der Waals surface area contributed by atoms with Crippen LogP contribution in [0.2, 0.25) is 0 Å². The quantitative estimate of drug-likeness (QED) is 0.743. The molecule has 0 heterocycles. The molecule has 0 aliphatic heterocycles. The van der Waals surface area contributed by atoms with Gasteiger partial charge in [-0.25, -0.2) is 0 Å². The molecule has 20 heavy (non-hydrogen) atoms. The van der Waals surface area contributed by atoms with Crippen LogP contribution in [-0.4, -0.2) is 32.3 Å². The minimum absolute atomic E-state index is 0.276. The highest BCUT2D eigenvalue weighted by Crippen LogP contribution is 2.16. The lowest BCUT2D eigenvalue weighted by Crippen LogP contribution is -2.49. The molecule has 0 fully saturated rings. The maximum absolute atomic E-state index is 11.7. The number of carbonyl (C=O) groups excluding carboxylic acids is 1. The number of nitrogens with one attached hydrogen (secondary N) is 1. The van der Waals surface area contributed by atoms with Gasteiger partial charge in [0, 0.05) is 6.42 Å². The Morgan fingerprint density at radius 2 is 1.95 bits per heavy atom. The molecule has 112 valence electrons. The first-order chi connectivity index (χ1) is 9.55. The highest BCUT2D eigenvalue weighted by Gasteiger charge is 2.32. The number of methoxy groups -OCH3 is 1. The second kappa shape index (κ2) is 7.90. The predicted molar refractivity (Wildman–Crippen MR) is 80.0 cm³/mol. The smallest absolute Gasteiger partial charge is 0.325 e. The summed E-state index contributed by atoms with van der Waals surface area (Å²) in [5.41, 5.74) is 0.603. The normalized spacial score (nSPS) is 13.6. The fourth-order valence-electron chi connectivity index (χ4n) is 1.97. The molecule has 1 aromatic carbocycles. The van der Waals surface area contributed by atoms with E-state index in [0.29, 0.717) is 13.0 Å². The van der Waals surface area contributed by atoms with Crippen LogP contribution in [0.5, 0.6) is 5.75 Å². The van der Waals surface area contributed by atoms with E-state index in [1.165, 1.54) is 12.7 Å². The third-order valence-corrected chi connectivity index (χ3v) is 3.52. The molecule has 1 N–H and O–H groups in total. The topological polar surface area (TPSA) is 47.6 Å². The summed E-state index contributed by atoms with van der Waals surface area (Å²) in [7, 11) is 3.14. The van der Waals surface area contributed by atoms with E-state index in [1.807, 2.05) is 19.1 Å². The van der Waals surface area contributed by atoms with Crippen LogP contribution in [0.15, 0.2) is 24.3 Å². The molecule has 0 aromatic heterocycles. The minimum atomic E-state index is -0.711. The average Bonchev–Trinajstić information content (AvgIpc) is 2.48. The number of hydrogen-bond donors (Lipinski definition) is 1. The van der Waals surface area contributed by atoms with Crippen molar-refractivity contribution in [1.29, 1.82) is 0 Å². The van der Waals surface area contributed by atoms with Gasteiger partial charge < -0.3 is 14.8 Å². The molecular weight excluding hydrogens is 254 g/mol. The molecule has 0 saturated carbocycles. The van der Waals surface area contributed by atoms with Gasteiger partial charge in [0.2, 0.25) is 0 Å². The number of likely N-dealkylation sites (N-methyl/N-ethyl adjacent to an activating group) is 1. The van der Waals surface area contributed by atoms with Gasteiger partial charge in [-0.3, -0.25) is 4.79 Å². The fourth-order valence-corrected chi connectivity index (χ4v) is 1.97. The summed E-state index contributed by atoms with van der Waals surface area (Å²) in [6.45, 7) is 4.43. The van der Waals surface area contributed by atoms with Gasteiger partial charge >= 0.3 is 5.97 Å². The molecule has 0 aliphatic carbocycles. The molecule has 1 unspecified atom stereocenters. The first-order valence-corrected chi connectivity index (χ1v) is 7.04. The molecule has 0 spiro atoms. The zero-order valence-electron chi connectivity index (χ0n) is 12.9.